The zero-order chi connectivity index (χ0) is 15.4. The molecular formula is C13H17F2N3OS. The molecule has 1 aromatic rings. The molecule has 1 amide bonds. The second-order valence-electron chi connectivity index (χ2n) is 4.73. The number of halogens is 2. The molecule has 20 heavy (non-hydrogen) atoms. The number of carbonyl (C=O) groups excluding carboxylic acids is 1. The minimum Gasteiger partial charge on any atom is -0.389 e. The summed E-state index contributed by atoms with van der Waals surface area (Å²) >= 11 is 4.67. The fourth-order valence-corrected chi connectivity index (χ4v) is 1.85. The summed E-state index contributed by atoms with van der Waals surface area (Å²) < 4.78 is 27.8. The van der Waals surface area contributed by atoms with Crippen molar-refractivity contribution in [2.24, 2.45) is 5.73 Å². The number of anilines is 1. The SMILES string of the molecule is CC(C)NC(=O)CN(C)c1c(F)cc(C(N)=S)cc1F. The van der Waals surface area contributed by atoms with E-state index in [0.29, 0.717) is 0 Å². The van der Waals surface area contributed by atoms with E-state index < -0.39 is 11.6 Å². The van der Waals surface area contributed by atoms with Crippen molar-refractivity contribution in [2.75, 3.05) is 18.5 Å². The summed E-state index contributed by atoms with van der Waals surface area (Å²) in [6, 6.07) is 2.07. The minimum atomic E-state index is -0.812. The zero-order valence-corrected chi connectivity index (χ0v) is 12.4. The number of nitrogens with two attached hydrogens (primary N) is 1. The Kier molecular flexibility index (Phi) is 5.38. The molecule has 0 aliphatic heterocycles. The van der Waals surface area contributed by atoms with Gasteiger partial charge in [-0.1, -0.05) is 12.2 Å². The van der Waals surface area contributed by atoms with Crippen LogP contribution >= 0.6 is 12.2 Å². The van der Waals surface area contributed by atoms with Gasteiger partial charge in [-0.05, 0) is 26.0 Å². The smallest absolute Gasteiger partial charge is 0.239 e. The van der Waals surface area contributed by atoms with E-state index in [4.69, 9.17) is 5.73 Å². The molecule has 0 unspecified atom stereocenters. The monoisotopic (exact) mass is 301 g/mol. The predicted octanol–water partition coefficient (Wildman–Crippen LogP) is 1.56. The number of hydrogen-bond acceptors (Lipinski definition) is 3. The fourth-order valence-electron chi connectivity index (χ4n) is 1.73. The van der Waals surface area contributed by atoms with Crippen LogP contribution < -0.4 is 16.0 Å². The van der Waals surface area contributed by atoms with Crippen molar-refractivity contribution in [1.82, 2.24) is 5.32 Å². The highest BCUT2D eigenvalue weighted by molar-refractivity contribution is 7.80. The summed E-state index contributed by atoms with van der Waals surface area (Å²) in [6.07, 6.45) is 0. The number of thiocarbonyl (C=S) groups is 1. The highest BCUT2D eigenvalue weighted by Gasteiger charge is 2.18. The Morgan fingerprint density at radius 3 is 2.30 bits per heavy atom. The predicted molar refractivity (Wildman–Crippen MR) is 78.8 cm³/mol. The zero-order valence-electron chi connectivity index (χ0n) is 11.5. The molecule has 3 N–H and O–H groups in total. The Balaban J connectivity index is 2.96. The van der Waals surface area contributed by atoms with Crippen LogP contribution in [-0.4, -0.2) is 30.5 Å². The van der Waals surface area contributed by atoms with Crippen LogP contribution in [0.3, 0.4) is 0 Å². The van der Waals surface area contributed by atoms with Gasteiger partial charge in [-0.3, -0.25) is 4.79 Å². The molecule has 1 rings (SSSR count). The van der Waals surface area contributed by atoms with Gasteiger partial charge in [0.2, 0.25) is 5.91 Å². The molecule has 0 fully saturated rings. The molecule has 4 nitrogen and oxygen atoms in total. The van der Waals surface area contributed by atoms with Crippen molar-refractivity contribution in [3.05, 3.63) is 29.3 Å². The van der Waals surface area contributed by atoms with Gasteiger partial charge >= 0.3 is 0 Å². The molecule has 0 saturated heterocycles. The topological polar surface area (TPSA) is 58.4 Å². The third-order valence-electron chi connectivity index (χ3n) is 2.51. The number of carbonyl (C=O) groups is 1. The molecule has 0 bridgehead atoms. The highest BCUT2D eigenvalue weighted by atomic mass is 32.1. The number of nitrogens with one attached hydrogen (secondary N) is 1. The normalized spacial score (nSPS) is 10.5. The lowest BCUT2D eigenvalue weighted by molar-refractivity contribution is -0.120. The van der Waals surface area contributed by atoms with E-state index in [2.05, 4.69) is 17.5 Å². The maximum atomic E-state index is 13.9. The second kappa shape index (κ2) is 6.60. The number of hydrogen-bond donors (Lipinski definition) is 2. The van der Waals surface area contributed by atoms with E-state index in [1.807, 2.05) is 0 Å². The van der Waals surface area contributed by atoms with Gasteiger partial charge in [0.15, 0.2) is 0 Å². The van der Waals surface area contributed by atoms with Crippen LogP contribution in [0.15, 0.2) is 12.1 Å². The lowest BCUT2D eigenvalue weighted by atomic mass is 10.1. The van der Waals surface area contributed by atoms with E-state index in [9.17, 15) is 13.6 Å². The van der Waals surface area contributed by atoms with E-state index >= 15 is 0 Å². The lowest BCUT2D eigenvalue weighted by Gasteiger charge is -2.21. The first-order chi connectivity index (χ1) is 9.22. The summed E-state index contributed by atoms with van der Waals surface area (Å²) in [5.41, 5.74) is 5.16. The van der Waals surface area contributed by atoms with E-state index in [0.717, 1.165) is 12.1 Å². The average molecular weight is 301 g/mol. The van der Waals surface area contributed by atoms with Gasteiger partial charge in [0, 0.05) is 18.7 Å². The van der Waals surface area contributed by atoms with Gasteiger partial charge in [0.1, 0.15) is 22.3 Å². The van der Waals surface area contributed by atoms with Gasteiger partial charge in [0.25, 0.3) is 0 Å². The Hall–Kier alpha value is -1.76. The lowest BCUT2D eigenvalue weighted by Crippen LogP contribution is -2.39. The third kappa shape index (κ3) is 4.12. The van der Waals surface area contributed by atoms with Crippen molar-refractivity contribution in [2.45, 2.75) is 19.9 Å². The van der Waals surface area contributed by atoms with Gasteiger partial charge in [0.05, 0.1) is 6.54 Å². The summed E-state index contributed by atoms with van der Waals surface area (Å²) in [4.78, 5) is 12.7. The molecule has 0 aromatic heterocycles. The number of amides is 1. The molecule has 0 atom stereocenters. The first-order valence-corrected chi connectivity index (χ1v) is 6.42. The summed E-state index contributed by atoms with van der Waals surface area (Å²) in [6.45, 7) is 3.45. The molecule has 0 heterocycles. The van der Waals surface area contributed by atoms with Crippen LogP contribution in [0.1, 0.15) is 19.4 Å². The van der Waals surface area contributed by atoms with Gasteiger partial charge in [-0.2, -0.15) is 0 Å². The number of nitrogens with zero attached hydrogens (tertiary/aromatic N) is 1. The van der Waals surface area contributed by atoms with Crippen molar-refractivity contribution in [1.29, 1.82) is 0 Å². The number of benzene rings is 1. The summed E-state index contributed by atoms with van der Waals surface area (Å²) in [5.74, 6) is -1.94. The second-order valence-corrected chi connectivity index (χ2v) is 5.17. The van der Waals surface area contributed by atoms with E-state index in [1.165, 1.54) is 11.9 Å². The summed E-state index contributed by atoms with van der Waals surface area (Å²) in [5, 5.41) is 2.65. The molecule has 0 spiro atoms. The number of likely N-dealkylation sites (N-methyl/N-ethyl adjacent to an activating group) is 1. The Labute approximate surface area is 121 Å². The van der Waals surface area contributed by atoms with Gasteiger partial charge < -0.3 is 16.0 Å². The maximum Gasteiger partial charge on any atom is 0.239 e. The quantitative estimate of drug-likeness (QED) is 0.810. The number of rotatable bonds is 5. The van der Waals surface area contributed by atoms with Crippen LogP contribution in [-0.2, 0) is 4.79 Å². The molecular weight excluding hydrogens is 284 g/mol. The molecule has 0 aliphatic rings. The van der Waals surface area contributed by atoms with Crippen LogP contribution in [0.2, 0.25) is 0 Å². The van der Waals surface area contributed by atoms with Crippen LogP contribution in [0.25, 0.3) is 0 Å². The first kappa shape index (κ1) is 16.3. The van der Waals surface area contributed by atoms with E-state index in [-0.39, 0.29) is 34.7 Å². The summed E-state index contributed by atoms with van der Waals surface area (Å²) in [7, 11) is 1.43. The standard InChI is InChI=1S/C13H17F2N3OS/c1-7(2)17-11(19)6-18(3)12-9(14)4-8(13(16)20)5-10(12)15/h4-5,7H,6H2,1-3H3,(H2,16,20)(H,17,19). The van der Waals surface area contributed by atoms with Crippen LogP contribution in [0.4, 0.5) is 14.5 Å². The molecule has 110 valence electrons. The molecule has 0 radical (unpaired) electrons. The minimum absolute atomic E-state index is 0.0393. The van der Waals surface area contributed by atoms with Crippen LogP contribution in [0, 0.1) is 11.6 Å². The molecule has 0 saturated carbocycles. The van der Waals surface area contributed by atoms with Crippen LogP contribution in [0.5, 0.6) is 0 Å². The average Bonchev–Trinajstić information content (AvgIpc) is 2.25. The molecule has 7 heteroatoms. The van der Waals surface area contributed by atoms with Gasteiger partial charge in [-0.25, -0.2) is 8.78 Å². The first-order valence-electron chi connectivity index (χ1n) is 6.01. The Morgan fingerprint density at radius 1 is 1.40 bits per heavy atom. The third-order valence-corrected chi connectivity index (χ3v) is 2.75. The van der Waals surface area contributed by atoms with E-state index in [1.54, 1.807) is 13.8 Å². The maximum absolute atomic E-state index is 13.9. The fraction of sp³-hybridized carbons (Fsp3) is 0.385. The van der Waals surface area contributed by atoms with Crippen molar-refractivity contribution in [3.8, 4) is 0 Å². The molecule has 1 aromatic carbocycles. The largest absolute Gasteiger partial charge is 0.389 e. The Morgan fingerprint density at radius 2 is 1.90 bits per heavy atom. The van der Waals surface area contributed by atoms with Crippen molar-refractivity contribution < 1.29 is 13.6 Å². The van der Waals surface area contributed by atoms with Crippen molar-refractivity contribution >= 4 is 28.8 Å². The molecule has 0 aliphatic carbocycles. The Bertz CT molecular complexity index is 511. The highest BCUT2D eigenvalue weighted by Crippen LogP contribution is 2.24. The van der Waals surface area contributed by atoms with Gasteiger partial charge in [-0.15, -0.1) is 0 Å². The van der Waals surface area contributed by atoms with Crippen molar-refractivity contribution in [3.63, 3.8) is 0 Å².